The van der Waals surface area contributed by atoms with Crippen molar-refractivity contribution < 1.29 is 44.2 Å². The number of ether oxygens (including phenoxy) is 4. The first kappa shape index (κ1) is 41.0. The molecule has 9 heteroatoms. The molecule has 6 unspecified atom stereocenters. The van der Waals surface area contributed by atoms with E-state index in [0.717, 1.165) is 38.5 Å². The van der Waals surface area contributed by atoms with Crippen molar-refractivity contribution in [2.24, 2.45) is 0 Å². The van der Waals surface area contributed by atoms with Crippen molar-refractivity contribution in [3.63, 3.8) is 0 Å². The molecular weight excluding hydrogens is 564 g/mol. The molecule has 1 heterocycles. The highest BCUT2D eigenvalue weighted by molar-refractivity contribution is 5.69. The third kappa shape index (κ3) is 20.1. The lowest BCUT2D eigenvalue weighted by atomic mass is 9.99. The fourth-order valence-electron chi connectivity index (χ4n) is 5.31. The highest BCUT2D eigenvalue weighted by Crippen LogP contribution is 2.22. The summed E-state index contributed by atoms with van der Waals surface area (Å²) in [5.74, 6) is -0.334. The van der Waals surface area contributed by atoms with Crippen LogP contribution in [0.2, 0.25) is 0 Å². The van der Waals surface area contributed by atoms with E-state index in [1.165, 1.54) is 83.5 Å². The highest BCUT2D eigenvalue weighted by Gasteiger charge is 2.44. The van der Waals surface area contributed by atoms with Gasteiger partial charge in [0.05, 0.1) is 19.8 Å². The molecule has 0 bridgehead atoms. The molecule has 1 fully saturated rings. The number of hydrogen-bond donors (Lipinski definition) is 4. The SMILES string of the molecule is CCCCCCCCC/C=C\CCCCCCCCOCC(COC1OC(CO)C(O)C(O)C1O)OC(=O)CCCCCC. The number of aliphatic hydroxyl groups is 4. The van der Waals surface area contributed by atoms with Crippen LogP contribution in [0.5, 0.6) is 0 Å². The lowest BCUT2D eigenvalue weighted by molar-refractivity contribution is -0.305. The molecule has 0 spiro atoms. The lowest BCUT2D eigenvalue weighted by Gasteiger charge is -2.39. The maximum Gasteiger partial charge on any atom is 0.306 e. The van der Waals surface area contributed by atoms with Gasteiger partial charge < -0.3 is 39.4 Å². The first-order chi connectivity index (χ1) is 21.4. The molecule has 0 saturated carbocycles. The monoisotopic (exact) mass is 630 g/mol. The Morgan fingerprint density at radius 3 is 1.84 bits per heavy atom. The fourth-order valence-corrected chi connectivity index (χ4v) is 5.31. The minimum Gasteiger partial charge on any atom is -0.457 e. The van der Waals surface area contributed by atoms with E-state index in [1.807, 2.05) is 0 Å². The first-order valence-electron chi connectivity index (χ1n) is 17.8. The van der Waals surface area contributed by atoms with Gasteiger partial charge in [-0.3, -0.25) is 4.79 Å². The van der Waals surface area contributed by atoms with Crippen LogP contribution >= 0.6 is 0 Å². The quantitative estimate of drug-likeness (QED) is 0.0437. The van der Waals surface area contributed by atoms with Crippen molar-refractivity contribution in [2.75, 3.05) is 26.4 Å². The van der Waals surface area contributed by atoms with Crippen LogP contribution in [0, 0.1) is 0 Å². The molecule has 1 aliphatic heterocycles. The Morgan fingerprint density at radius 2 is 1.25 bits per heavy atom. The van der Waals surface area contributed by atoms with Crippen molar-refractivity contribution >= 4 is 5.97 Å². The number of hydrogen-bond acceptors (Lipinski definition) is 9. The van der Waals surface area contributed by atoms with Crippen LogP contribution in [0.15, 0.2) is 12.2 Å². The van der Waals surface area contributed by atoms with Gasteiger partial charge in [-0.2, -0.15) is 0 Å². The molecule has 260 valence electrons. The lowest BCUT2D eigenvalue weighted by Crippen LogP contribution is -2.59. The number of allylic oxidation sites excluding steroid dienone is 2. The van der Waals surface area contributed by atoms with E-state index in [0.29, 0.717) is 13.0 Å². The van der Waals surface area contributed by atoms with Crippen molar-refractivity contribution in [2.45, 2.75) is 179 Å². The molecule has 4 N–H and O–H groups in total. The molecule has 0 aromatic carbocycles. The molecule has 0 amide bonds. The first-order valence-corrected chi connectivity index (χ1v) is 17.8. The predicted molar refractivity (Wildman–Crippen MR) is 173 cm³/mol. The Hall–Kier alpha value is -1.07. The molecule has 9 nitrogen and oxygen atoms in total. The second-order valence-corrected chi connectivity index (χ2v) is 12.3. The van der Waals surface area contributed by atoms with Crippen LogP contribution in [-0.2, 0) is 23.7 Å². The van der Waals surface area contributed by atoms with E-state index in [-0.39, 0.29) is 19.2 Å². The Labute approximate surface area is 267 Å². The van der Waals surface area contributed by atoms with Crippen LogP contribution in [-0.4, -0.2) is 89.6 Å². The standard InChI is InChI=1S/C35H66O9/c1-3-5-7-9-10-11-12-13-14-15-16-17-18-19-20-21-23-25-41-27-29(43-31(37)24-22-8-6-4-2)28-42-35-34(40)33(39)32(38)30(26-36)44-35/h14-15,29-30,32-36,38-40H,3-13,16-28H2,1-2H3/b15-14-. The number of unbranched alkanes of at least 4 members (excludes halogenated alkanes) is 16. The molecule has 0 aromatic heterocycles. The van der Waals surface area contributed by atoms with Crippen LogP contribution in [0.1, 0.15) is 142 Å². The number of rotatable bonds is 29. The summed E-state index contributed by atoms with van der Waals surface area (Å²) in [7, 11) is 0. The maximum atomic E-state index is 12.4. The zero-order valence-electron chi connectivity index (χ0n) is 27.9. The summed E-state index contributed by atoms with van der Waals surface area (Å²) >= 11 is 0. The largest absolute Gasteiger partial charge is 0.457 e. The molecular formula is C35H66O9. The summed E-state index contributed by atoms with van der Waals surface area (Å²) in [5.41, 5.74) is 0. The summed E-state index contributed by atoms with van der Waals surface area (Å²) in [4.78, 5) is 12.4. The summed E-state index contributed by atoms with van der Waals surface area (Å²) in [6, 6.07) is 0. The summed E-state index contributed by atoms with van der Waals surface area (Å²) < 4.78 is 22.4. The van der Waals surface area contributed by atoms with Gasteiger partial charge in [0.1, 0.15) is 30.5 Å². The molecule has 44 heavy (non-hydrogen) atoms. The Morgan fingerprint density at radius 1 is 0.705 bits per heavy atom. The summed E-state index contributed by atoms with van der Waals surface area (Å²) in [6.45, 7) is 4.41. The predicted octanol–water partition coefficient (Wildman–Crippen LogP) is 6.13. The van der Waals surface area contributed by atoms with Crippen LogP contribution in [0.25, 0.3) is 0 Å². The van der Waals surface area contributed by atoms with Gasteiger partial charge in [0.2, 0.25) is 0 Å². The van der Waals surface area contributed by atoms with Crippen molar-refractivity contribution in [1.29, 1.82) is 0 Å². The topological polar surface area (TPSA) is 135 Å². The second-order valence-electron chi connectivity index (χ2n) is 12.3. The van der Waals surface area contributed by atoms with E-state index in [1.54, 1.807) is 0 Å². The van der Waals surface area contributed by atoms with Crippen molar-refractivity contribution in [1.82, 2.24) is 0 Å². The average Bonchev–Trinajstić information content (AvgIpc) is 3.02. The smallest absolute Gasteiger partial charge is 0.306 e. The summed E-state index contributed by atoms with van der Waals surface area (Å²) in [5, 5.41) is 39.6. The van der Waals surface area contributed by atoms with Gasteiger partial charge in [-0.25, -0.2) is 0 Å². The second kappa shape index (κ2) is 28.2. The normalized spacial score (nSPS) is 22.9. The molecule has 1 aliphatic rings. The van der Waals surface area contributed by atoms with E-state index in [4.69, 9.17) is 18.9 Å². The molecule has 1 saturated heterocycles. The Kier molecular flexibility index (Phi) is 26.2. The van der Waals surface area contributed by atoms with Gasteiger partial charge >= 0.3 is 5.97 Å². The molecule has 6 atom stereocenters. The van der Waals surface area contributed by atoms with Crippen molar-refractivity contribution in [3.8, 4) is 0 Å². The molecule has 0 aliphatic carbocycles. The van der Waals surface area contributed by atoms with Gasteiger partial charge in [0.25, 0.3) is 0 Å². The van der Waals surface area contributed by atoms with Gasteiger partial charge in [-0.15, -0.1) is 0 Å². The van der Waals surface area contributed by atoms with Crippen LogP contribution in [0.3, 0.4) is 0 Å². The van der Waals surface area contributed by atoms with Crippen molar-refractivity contribution in [3.05, 3.63) is 12.2 Å². The highest BCUT2D eigenvalue weighted by atomic mass is 16.7. The maximum absolute atomic E-state index is 12.4. The third-order valence-electron chi connectivity index (χ3n) is 8.18. The number of carbonyl (C=O) groups excluding carboxylic acids is 1. The van der Waals surface area contributed by atoms with E-state index in [9.17, 15) is 25.2 Å². The Balaban J connectivity index is 2.22. The fraction of sp³-hybridized carbons (Fsp3) is 0.914. The van der Waals surface area contributed by atoms with Crippen LogP contribution in [0.4, 0.5) is 0 Å². The van der Waals surface area contributed by atoms with E-state index < -0.39 is 43.4 Å². The Bertz CT molecular complexity index is 687. The van der Waals surface area contributed by atoms with Gasteiger partial charge in [-0.05, 0) is 38.5 Å². The molecule has 0 radical (unpaired) electrons. The van der Waals surface area contributed by atoms with Crippen LogP contribution < -0.4 is 0 Å². The molecule has 0 aromatic rings. The van der Waals surface area contributed by atoms with Gasteiger partial charge in [-0.1, -0.05) is 109 Å². The molecule has 1 rings (SSSR count). The average molecular weight is 631 g/mol. The zero-order chi connectivity index (χ0) is 32.3. The minimum atomic E-state index is -1.53. The zero-order valence-corrected chi connectivity index (χ0v) is 27.9. The number of carbonyl (C=O) groups is 1. The number of esters is 1. The minimum absolute atomic E-state index is 0.114. The van der Waals surface area contributed by atoms with E-state index >= 15 is 0 Å². The third-order valence-corrected chi connectivity index (χ3v) is 8.18. The van der Waals surface area contributed by atoms with E-state index in [2.05, 4.69) is 26.0 Å². The van der Waals surface area contributed by atoms with Gasteiger partial charge in [0, 0.05) is 13.0 Å². The number of aliphatic hydroxyl groups excluding tert-OH is 4. The van der Waals surface area contributed by atoms with Gasteiger partial charge in [0.15, 0.2) is 6.29 Å². The summed E-state index contributed by atoms with van der Waals surface area (Å²) in [6.07, 6.45) is 20.1.